The Bertz CT molecular complexity index is 943. The number of sulfonamides is 1. The number of benzene rings is 2. The molecule has 0 unspecified atom stereocenters. The molecule has 1 atom stereocenters. The van der Waals surface area contributed by atoms with Gasteiger partial charge in [-0.05, 0) is 31.2 Å². The summed E-state index contributed by atoms with van der Waals surface area (Å²) >= 11 is 0. The molecular formula is C19H22N2O5S. The van der Waals surface area contributed by atoms with Crippen molar-refractivity contribution < 1.29 is 22.7 Å². The Morgan fingerprint density at radius 1 is 1.26 bits per heavy atom. The molecule has 1 aliphatic heterocycles. The summed E-state index contributed by atoms with van der Waals surface area (Å²) in [5, 5.41) is 2.60. The van der Waals surface area contributed by atoms with Gasteiger partial charge >= 0.3 is 0 Å². The summed E-state index contributed by atoms with van der Waals surface area (Å²) in [4.78, 5) is 11.3. The van der Waals surface area contributed by atoms with Crippen LogP contribution in [0.3, 0.4) is 0 Å². The SMILES string of the molecule is CCOc1ccc(NC(C)=O)cc1S(=O)(=O)N[C@@H]1CCOc2ccccc21. The first kappa shape index (κ1) is 19.2. The van der Waals surface area contributed by atoms with E-state index in [2.05, 4.69) is 10.0 Å². The fourth-order valence-electron chi connectivity index (χ4n) is 2.99. The molecule has 0 bridgehead atoms. The van der Waals surface area contributed by atoms with Crippen molar-refractivity contribution in [2.75, 3.05) is 18.5 Å². The van der Waals surface area contributed by atoms with Gasteiger partial charge in [0.15, 0.2) is 0 Å². The van der Waals surface area contributed by atoms with Crippen LogP contribution < -0.4 is 19.5 Å². The predicted octanol–water partition coefficient (Wildman–Crippen LogP) is 2.85. The van der Waals surface area contributed by atoms with Gasteiger partial charge in [-0.3, -0.25) is 4.79 Å². The van der Waals surface area contributed by atoms with Gasteiger partial charge in [-0.1, -0.05) is 18.2 Å². The van der Waals surface area contributed by atoms with Crippen molar-refractivity contribution >= 4 is 21.6 Å². The van der Waals surface area contributed by atoms with Gasteiger partial charge in [0.25, 0.3) is 0 Å². The Labute approximate surface area is 158 Å². The molecule has 0 fully saturated rings. The number of carbonyl (C=O) groups excluding carboxylic acids is 1. The summed E-state index contributed by atoms with van der Waals surface area (Å²) in [5.74, 6) is 0.627. The highest BCUT2D eigenvalue weighted by Crippen LogP contribution is 2.34. The number of rotatable bonds is 6. The lowest BCUT2D eigenvalue weighted by atomic mass is 10.0. The second-order valence-electron chi connectivity index (χ2n) is 6.12. The quantitative estimate of drug-likeness (QED) is 0.791. The molecule has 2 aromatic carbocycles. The minimum absolute atomic E-state index is 0.0143. The normalized spacial score (nSPS) is 16.1. The van der Waals surface area contributed by atoms with Gasteiger partial charge in [0.2, 0.25) is 15.9 Å². The number of hydrogen-bond acceptors (Lipinski definition) is 5. The van der Waals surface area contributed by atoms with Gasteiger partial charge in [0.1, 0.15) is 16.4 Å². The highest BCUT2D eigenvalue weighted by atomic mass is 32.2. The molecule has 2 aromatic rings. The largest absolute Gasteiger partial charge is 0.493 e. The molecule has 1 amide bonds. The van der Waals surface area contributed by atoms with Crippen molar-refractivity contribution in [2.45, 2.75) is 31.2 Å². The number of anilines is 1. The van der Waals surface area contributed by atoms with Crippen molar-refractivity contribution in [2.24, 2.45) is 0 Å². The van der Waals surface area contributed by atoms with Crippen LogP contribution >= 0.6 is 0 Å². The molecule has 144 valence electrons. The second-order valence-corrected chi connectivity index (χ2v) is 7.81. The Balaban J connectivity index is 1.95. The Morgan fingerprint density at radius 2 is 2.04 bits per heavy atom. The predicted molar refractivity (Wildman–Crippen MR) is 102 cm³/mol. The minimum atomic E-state index is -3.90. The first-order valence-electron chi connectivity index (χ1n) is 8.69. The number of hydrogen-bond donors (Lipinski definition) is 2. The van der Waals surface area contributed by atoms with E-state index in [0.717, 1.165) is 5.56 Å². The fraction of sp³-hybridized carbons (Fsp3) is 0.316. The molecule has 8 heteroatoms. The summed E-state index contributed by atoms with van der Waals surface area (Å²) in [6.45, 7) is 3.89. The Kier molecular flexibility index (Phi) is 5.67. The molecule has 0 aliphatic carbocycles. The highest BCUT2D eigenvalue weighted by molar-refractivity contribution is 7.89. The van der Waals surface area contributed by atoms with Crippen LogP contribution in [0.25, 0.3) is 0 Å². The minimum Gasteiger partial charge on any atom is -0.493 e. The number of fused-ring (bicyclic) bond motifs is 1. The van der Waals surface area contributed by atoms with Gasteiger partial charge < -0.3 is 14.8 Å². The average Bonchev–Trinajstić information content (AvgIpc) is 2.63. The molecule has 1 heterocycles. The third kappa shape index (κ3) is 4.40. The molecule has 0 aromatic heterocycles. The van der Waals surface area contributed by atoms with Crippen molar-refractivity contribution in [3.8, 4) is 11.5 Å². The van der Waals surface area contributed by atoms with Crippen LogP contribution in [0.5, 0.6) is 11.5 Å². The maximum absolute atomic E-state index is 13.1. The van der Waals surface area contributed by atoms with Crippen LogP contribution in [0.4, 0.5) is 5.69 Å². The van der Waals surface area contributed by atoms with Crippen LogP contribution in [-0.4, -0.2) is 27.5 Å². The van der Waals surface area contributed by atoms with Crippen molar-refractivity contribution in [1.29, 1.82) is 0 Å². The number of amides is 1. The van der Waals surface area contributed by atoms with E-state index in [0.29, 0.717) is 31.1 Å². The van der Waals surface area contributed by atoms with Gasteiger partial charge in [0.05, 0.1) is 19.3 Å². The van der Waals surface area contributed by atoms with E-state index in [9.17, 15) is 13.2 Å². The smallest absolute Gasteiger partial charge is 0.244 e. The molecule has 27 heavy (non-hydrogen) atoms. The van der Waals surface area contributed by atoms with Crippen LogP contribution in [0.1, 0.15) is 31.9 Å². The number of ether oxygens (including phenoxy) is 2. The molecule has 0 spiro atoms. The van der Waals surface area contributed by atoms with E-state index < -0.39 is 16.1 Å². The van der Waals surface area contributed by atoms with Crippen molar-refractivity contribution in [1.82, 2.24) is 4.72 Å². The third-order valence-electron chi connectivity index (χ3n) is 4.11. The third-order valence-corrected chi connectivity index (χ3v) is 5.60. The van der Waals surface area contributed by atoms with E-state index in [1.807, 2.05) is 24.3 Å². The molecule has 0 saturated carbocycles. The number of carbonyl (C=O) groups is 1. The van der Waals surface area contributed by atoms with Crippen LogP contribution in [0, 0.1) is 0 Å². The molecule has 2 N–H and O–H groups in total. The van der Waals surface area contributed by atoms with Crippen molar-refractivity contribution in [3.05, 3.63) is 48.0 Å². The maximum Gasteiger partial charge on any atom is 0.244 e. The standard InChI is InChI=1S/C19H22N2O5S/c1-3-25-18-9-8-14(20-13(2)22)12-19(18)27(23,24)21-16-10-11-26-17-7-5-4-6-15(16)17/h4-9,12,16,21H,3,10-11H2,1-2H3,(H,20,22)/t16-/m1/s1. The maximum atomic E-state index is 13.1. The van der Waals surface area contributed by atoms with E-state index in [1.54, 1.807) is 19.1 Å². The summed E-state index contributed by atoms with van der Waals surface area (Å²) in [6, 6.07) is 11.5. The topological polar surface area (TPSA) is 93.7 Å². The molecule has 0 saturated heterocycles. The zero-order valence-electron chi connectivity index (χ0n) is 15.2. The first-order valence-corrected chi connectivity index (χ1v) is 10.2. The Hall–Kier alpha value is -2.58. The summed E-state index contributed by atoms with van der Waals surface area (Å²) < 4.78 is 40.0. The lowest BCUT2D eigenvalue weighted by Crippen LogP contribution is -2.32. The highest BCUT2D eigenvalue weighted by Gasteiger charge is 2.28. The molecular weight excluding hydrogens is 368 g/mol. The zero-order valence-corrected chi connectivity index (χ0v) is 16.0. The van der Waals surface area contributed by atoms with Gasteiger partial charge in [-0.15, -0.1) is 0 Å². The molecule has 1 aliphatic rings. The lowest BCUT2D eigenvalue weighted by molar-refractivity contribution is -0.114. The zero-order chi connectivity index (χ0) is 19.4. The van der Waals surface area contributed by atoms with Crippen molar-refractivity contribution in [3.63, 3.8) is 0 Å². The molecule has 7 nitrogen and oxygen atoms in total. The summed E-state index contributed by atoms with van der Waals surface area (Å²) in [7, 11) is -3.90. The second kappa shape index (κ2) is 7.98. The van der Waals surface area contributed by atoms with E-state index in [-0.39, 0.29) is 16.6 Å². The van der Waals surface area contributed by atoms with Gasteiger partial charge in [-0.25, -0.2) is 13.1 Å². The molecule has 3 rings (SSSR count). The number of nitrogens with one attached hydrogen (secondary N) is 2. The monoisotopic (exact) mass is 390 g/mol. The van der Waals surface area contributed by atoms with Gasteiger partial charge in [-0.2, -0.15) is 0 Å². The van der Waals surface area contributed by atoms with Gasteiger partial charge in [0, 0.05) is 24.6 Å². The van der Waals surface area contributed by atoms with E-state index in [4.69, 9.17) is 9.47 Å². The summed E-state index contributed by atoms with van der Waals surface area (Å²) in [6.07, 6.45) is 0.519. The Morgan fingerprint density at radius 3 is 2.78 bits per heavy atom. The van der Waals surface area contributed by atoms with E-state index >= 15 is 0 Å². The average molecular weight is 390 g/mol. The number of para-hydroxylation sites is 1. The van der Waals surface area contributed by atoms with Crippen LogP contribution in [0.2, 0.25) is 0 Å². The summed E-state index contributed by atoms with van der Waals surface area (Å²) in [5.41, 5.74) is 1.18. The first-order chi connectivity index (χ1) is 12.9. The van der Waals surface area contributed by atoms with Crippen LogP contribution in [0.15, 0.2) is 47.4 Å². The fourth-order valence-corrected chi connectivity index (χ4v) is 4.41. The lowest BCUT2D eigenvalue weighted by Gasteiger charge is -2.26. The van der Waals surface area contributed by atoms with Crippen LogP contribution in [-0.2, 0) is 14.8 Å². The molecule has 0 radical (unpaired) electrons. The van der Waals surface area contributed by atoms with E-state index in [1.165, 1.54) is 13.0 Å².